The van der Waals surface area contributed by atoms with E-state index >= 15 is 0 Å². The number of ether oxygens (including phenoxy) is 1. The standard InChI is InChI=1S/C15H19BrN2O/c1-4-12-7-6-8-13(9-12)19-10-14-15(16)11(3)17-18(14)5-2/h6-9H,4-5,10H2,1-3H3. The molecule has 2 aromatic rings. The van der Waals surface area contributed by atoms with Crippen molar-refractivity contribution in [3.8, 4) is 5.75 Å². The number of hydrogen-bond donors (Lipinski definition) is 0. The number of hydrogen-bond acceptors (Lipinski definition) is 2. The van der Waals surface area contributed by atoms with Gasteiger partial charge in [0.25, 0.3) is 0 Å². The molecule has 0 aliphatic carbocycles. The van der Waals surface area contributed by atoms with E-state index in [1.54, 1.807) is 0 Å². The fourth-order valence-corrected chi connectivity index (χ4v) is 2.41. The average Bonchev–Trinajstić information content (AvgIpc) is 2.72. The lowest BCUT2D eigenvalue weighted by molar-refractivity contribution is 0.291. The maximum atomic E-state index is 5.88. The Hall–Kier alpha value is -1.29. The molecule has 0 unspecified atom stereocenters. The predicted octanol–water partition coefficient (Wildman–Crippen LogP) is 4.12. The maximum absolute atomic E-state index is 5.88. The van der Waals surface area contributed by atoms with Crippen LogP contribution in [-0.2, 0) is 19.6 Å². The fourth-order valence-electron chi connectivity index (χ4n) is 2.01. The maximum Gasteiger partial charge on any atom is 0.131 e. The third-order valence-electron chi connectivity index (χ3n) is 3.14. The van der Waals surface area contributed by atoms with Gasteiger partial charge in [0.2, 0.25) is 0 Å². The molecule has 0 N–H and O–H groups in total. The van der Waals surface area contributed by atoms with Gasteiger partial charge in [0.15, 0.2) is 0 Å². The molecule has 0 spiro atoms. The Labute approximate surface area is 122 Å². The van der Waals surface area contributed by atoms with E-state index in [-0.39, 0.29) is 0 Å². The molecule has 4 heteroatoms. The van der Waals surface area contributed by atoms with Crippen molar-refractivity contribution >= 4 is 15.9 Å². The van der Waals surface area contributed by atoms with Crippen LogP contribution in [0.4, 0.5) is 0 Å². The summed E-state index contributed by atoms with van der Waals surface area (Å²) >= 11 is 3.58. The van der Waals surface area contributed by atoms with Crippen molar-refractivity contribution < 1.29 is 4.74 Å². The molecular weight excluding hydrogens is 304 g/mol. The molecule has 0 saturated carbocycles. The third-order valence-corrected chi connectivity index (χ3v) is 4.17. The highest BCUT2D eigenvalue weighted by Gasteiger charge is 2.12. The summed E-state index contributed by atoms with van der Waals surface area (Å²) in [5, 5.41) is 4.46. The lowest BCUT2D eigenvalue weighted by Crippen LogP contribution is -2.06. The number of nitrogens with zero attached hydrogens (tertiary/aromatic N) is 2. The van der Waals surface area contributed by atoms with E-state index in [1.165, 1.54) is 5.56 Å². The summed E-state index contributed by atoms with van der Waals surface area (Å²) in [6.45, 7) is 7.60. The Bertz CT molecular complexity index is 563. The molecule has 0 aliphatic heterocycles. The Morgan fingerprint density at radius 2 is 2.11 bits per heavy atom. The lowest BCUT2D eigenvalue weighted by atomic mass is 10.2. The van der Waals surface area contributed by atoms with Gasteiger partial charge in [-0.05, 0) is 53.9 Å². The average molecular weight is 323 g/mol. The first-order valence-corrected chi connectivity index (χ1v) is 7.38. The third kappa shape index (κ3) is 3.18. The van der Waals surface area contributed by atoms with Gasteiger partial charge in [-0.15, -0.1) is 0 Å². The normalized spacial score (nSPS) is 10.7. The molecule has 3 nitrogen and oxygen atoms in total. The SMILES string of the molecule is CCc1cccc(OCc2c(Br)c(C)nn2CC)c1. The fraction of sp³-hybridized carbons (Fsp3) is 0.400. The van der Waals surface area contributed by atoms with Crippen LogP contribution in [0.15, 0.2) is 28.7 Å². The summed E-state index contributed by atoms with van der Waals surface area (Å²) in [4.78, 5) is 0. The molecule has 1 aromatic heterocycles. The largest absolute Gasteiger partial charge is 0.487 e. The topological polar surface area (TPSA) is 27.1 Å². The van der Waals surface area contributed by atoms with Crippen molar-refractivity contribution in [1.82, 2.24) is 9.78 Å². The Morgan fingerprint density at radius 3 is 2.79 bits per heavy atom. The summed E-state index contributed by atoms with van der Waals surface area (Å²) in [5.74, 6) is 0.910. The van der Waals surface area contributed by atoms with Gasteiger partial charge in [-0.1, -0.05) is 19.1 Å². The molecule has 0 atom stereocenters. The van der Waals surface area contributed by atoms with Gasteiger partial charge in [0.05, 0.1) is 15.9 Å². The van der Waals surface area contributed by atoms with Crippen LogP contribution < -0.4 is 4.74 Å². The number of rotatable bonds is 5. The van der Waals surface area contributed by atoms with Gasteiger partial charge in [-0.3, -0.25) is 4.68 Å². The van der Waals surface area contributed by atoms with Crippen molar-refractivity contribution in [2.75, 3.05) is 0 Å². The molecule has 0 bridgehead atoms. The molecule has 102 valence electrons. The highest BCUT2D eigenvalue weighted by atomic mass is 79.9. The zero-order chi connectivity index (χ0) is 13.8. The van der Waals surface area contributed by atoms with Gasteiger partial charge in [-0.2, -0.15) is 5.10 Å². The molecule has 0 saturated heterocycles. The minimum atomic E-state index is 0.530. The first kappa shape index (κ1) is 14.1. The second kappa shape index (κ2) is 6.24. The van der Waals surface area contributed by atoms with Gasteiger partial charge in [-0.25, -0.2) is 0 Å². The minimum Gasteiger partial charge on any atom is -0.487 e. The van der Waals surface area contributed by atoms with Gasteiger partial charge < -0.3 is 4.74 Å². The molecule has 19 heavy (non-hydrogen) atoms. The van der Waals surface area contributed by atoms with Crippen molar-refractivity contribution in [3.05, 3.63) is 45.7 Å². The first-order valence-electron chi connectivity index (χ1n) is 6.59. The Kier molecular flexibility index (Phi) is 4.64. The van der Waals surface area contributed by atoms with Crippen LogP contribution in [0.1, 0.15) is 30.8 Å². The van der Waals surface area contributed by atoms with Crippen LogP contribution in [0.3, 0.4) is 0 Å². The van der Waals surface area contributed by atoms with Gasteiger partial charge in [0.1, 0.15) is 12.4 Å². The summed E-state index contributed by atoms with van der Waals surface area (Å²) < 4.78 is 8.90. The van der Waals surface area contributed by atoms with Crippen molar-refractivity contribution in [1.29, 1.82) is 0 Å². The van der Waals surface area contributed by atoms with E-state index in [0.29, 0.717) is 6.61 Å². The molecule has 1 aromatic carbocycles. The molecule has 0 fully saturated rings. The predicted molar refractivity (Wildman–Crippen MR) is 80.5 cm³/mol. The second-order valence-electron chi connectivity index (χ2n) is 4.45. The number of aromatic nitrogens is 2. The highest BCUT2D eigenvalue weighted by molar-refractivity contribution is 9.10. The van der Waals surface area contributed by atoms with E-state index in [0.717, 1.165) is 34.6 Å². The lowest BCUT2D eigenvalue weighted by Gasteiger charge is -2.09. The summed E-state index contributed by atoms with van der Waals surface area (Å²) in [6, 6.07) is 8.23. The van der Waals surface area contributed by atoms with Gasteiger partial charge in [0, 0.05) is 6.54 Å². The summed E-state index contributed by atoms with van der Waals surface area (Å²) in [7, 11) is 0. The zero-order valence-electron chi connectivity index (χ0n) is 11.6. The Balaban J connectivity index is 2.14. The zero-order valence-corrected chi connectivity index (χ0v) is 13.2. The number of benzene rings is 1. The smallest absolute Gasteiger partial charge is 0.131 e. The van der Waals surface area contributed by atoms with E-state index in [4.69, 9.17) is 4.74 Å². The van der Waals surface area contributed by atoms with E-state index < -0.39 is 0 Å². The van der Waals surface area contributed by atoms with Crippen LogP contribution in [-0.4, -0.2) is 9.78 Å². The van der Waals surface area contributed by atoms with Crippen LogP contribution in [0, 0.1) is 6.92 Å². The van der Waals surface area contributed by atoms with Crippen molar-refractivity contribution in [3.63, 3.8) is 0 Å². The molecule has 2 rings (SSSR count). The van der Waals surface area contributed by atoms with Gasteiger partial charge >= 0.3 is 0 Å². The molecule has 1 heterocycles. The quantitative estimate of drug-likeness (QED) is 0.828. The summed E-state index contributed by atoms with van der Waals surface area (Å²) in [5.41, 5.74) is 3.38. The van der Waals surface area contributed by atoms with Crippen molar-refractivity contribution in [2.45, 2.75) is 40.3 Å². The molecule has 0 radical (unpaired) electrons. The van der Waals surface area contributed by atoms with Crippen LogP contribution >= 0.6 is 15.9 Å². The molecule has 0 amide bonds. The molecule has 0 aliphatic rings. The highest BCUT2D eigenvalue weighted by Crippen LogP contribution is 2.23. The van der Waals surface area contributed by atoms with E-state index in [1.807, 2.05) is 23.7 Å². The van der Waals surface area contributed by atoms with Crippen LogP contribution in [0.25, 0.3) is 0 Å². The first-order chi connectivity index (χ1) is 9.15. The summed E-state index contributed by atoms with van der Waals surface area (Å²) in [6.07, 6.45) is 1.02. The monoisotopic (exact) mass is 322 g/mol. The van der Waals surface area contributed by atoms with E-state index in [2.05, 4.69) is 47.0 Å². The minimum absolute atomic E-state index is 0.530. The molecular formula is C15H19BrN2O. The van der Waals surface area contributed by atoms with Crippen LogP contribution in [0.2, 0.25) is 0 Å². The van der Waals surface area contributed by atoms with Crippen molar-refractivity contribution in [2.24, 2.45) is 0 Å². The number of halogens is 1. The second-order valence-corrected chi connectivity index (χ2v) is 5.24. The number of aryl methyl sites for hydroxylation is 3. The Morgan fingerprint density at radius 1 is 1.32 bits per heavy atom. The van der Waals surface area contributed by atoms with E-state index in [9.17, 15) is 0 Å². The van der Waals surface area contributed by atoms with Crippen LogP contribution in [0.5, 0.6) is 5.75 Å².